The number of ether oxygens (including phenoxy) is 2. The second-order valence-electron chi connectivity index (χ2n) is 4.51. The fraction of sp³-hybridized carbons (Fsp3) is 0.462. The van der Waals surface area contributed by atoms with Crippen LogP contribution in [0.2, 0.25) is 0 Å². The molecule has 19 heavy (non-hydrogen) atoms. The predicted octanol–water partition coefficient (Wildman–Crippen LogP) is 0.951. The monoisotopic (exact) mass is 266 g/mol. The number of carbonyl (C=O) groups is 1. The van der Waals surface area contributed by atoms with E-state index in [2.05, 4.69) is 0 Å². The molecule has 1 aliphatic heterocycles. The van der Waals surface area contributed by atoms with E-state index in [1.54, 1.807) is 19.2 Å². The lowest BCUT2D eigenvalue weighted by molar-refractivity contribution is -0.138. The molecule has 1 aromatic rings. The van der Waals surface area contributed by atoms with Crippen LogP contribution >= 0.6 is 0 Å². The Balaban J connectivity index is 2.45. The molecule has 1 aromatic carbocycles. The molecule has 1 unspecified atom stereocenters. The third-order valence-electron chi connectivity index (χ3n) is 3.41. The van der Waals surface area contributed by atoms with Crippen LogP contribution in [0, 0.1) is 0 Å². The zero-order valence-electron chi connectivity index (χ0n) is 11.0. The SMILES string of the molecule is COc1cc2c(cc1OC)C(CC(=O)O)N(N)CC2. The number of methoxy groups -OCH3 is 2. The lowest BCUT2D eigenvalue weighted by Crippen LogP contribution is -2.41. The van der Waals surface area contributed by atoms with E-state index in [0.717, 1.165) is 17.5 Å². The molecule has 6 heteroatoms. The second kappa shape index (κ2) is 5.46. The minimum atomic E-state index is -0.872. The Labute approximate surface area is 111 Å². The van der Waals surface area contributed by atoms with Gasteiger partial charge in [0.05, 0.1) is 26.7 Å². The first-order valence-corrected chi connectivity index (χ1v) is 6.04. The van der Waals surface area contributed by atoms with Gasteiger partial charge in [-0.3, -0.25) is 10.6 Å². The molecule has 0 saturated carbocycles. The van der Waals surface area contributed by atoms with Crippen LogP contribution in [0.5, 0.6) is 11.5 Å². The van der Waals surface area contributed by atoms with Gasteiger partial charge in [-0.25, -0.2) is 5.01 Å². The minimum Gasteiger partial charge on any atom is -0.493 e. The maximum atomic E-state index is 11.0. The van der Waals surface area contributed by atoms with E-state index in [4.69, 9.17) is 20.4 Å². The van der Waals surface area contributed by atoms with Crippen LogP contribution in [0.3, 0.4) is 0 Å². The summed E-state index contributed by atoms with van der Waals surface area (Å²) < 4.78 is 10.5. The van der Waals surface area contributed by atoms with Crippen molar-refractivity contribution < 1.29 is 19.4 Å². The summed E-state index contributed by atoms with van der Waals surface area (Å²) >= 11 is 0. The number of rotatable bonds is 4. The smallest absolute Gasteiger partial charge is 0.305 e. The van der Waals surface area contributed by atoms with E-state index in [1.165, 1.54) is 0 Å². The summed E-state index contributed by atoms with van der Waals surface area (Å²) in [5.74, 6) is 6.27. The van der Waals surface area contributed by atoms with Gasteiger partial charge in [-0.05, 0) is 29.7 Å². The molecule has 6 nitrogen and oxygen atoms in total. The number of aliphatic carboxylic acids is 1. The molecule has 104 valence electrons. The van der Waals surface area contributed by atoms with Crippen LogP contribution in [-0.2, 0) is 11.2 Å². The number of hydrazine groups is 1. The molecule has 1 heterocycles. The van der Waals surface area contributed by atoms with Crippen LogP contribution < -0.4 is 15.3 Å². The molecular weight excluding hydrogens is 248 g/mol. The van der Waals surface area contributed by atoms with Crippen LogP contribution in [0.4, 0.5) is 0 Å². The third kappa shape index (κ3) is 2.64. The Morgan fingerprint density at radius 3 is 2.63 bits per heavy atom. The number of benzene rings is 1. The van der Waals surface area contributed by atoms with Crippen molar-refractivity contribution in [1.29, 1.82) is 0 Å². The third-order valence-corrected chi connectivity index (χ3v) is 3.41. The van der Waals surface area contributed by atoms with Gasteiger partial charge in [0.15, 0.2) is 11.5 Å². The molecule has 0 aromatic heterocycles. The Morgan fingerprint density at radius 1 is 1.42 bits per heavy atom. The number of nitrogens with two attached hydrogens (primary N) is 1. The quantitative estimate of drug-likeness (QED) is 0.789. The summed E-state index contributed by atoms with van der Waals surface area (Å²) in [6, 6.07) is 3.39. The van der Waals surface area contributed by atoms with E-state index in [-0.39, 0.29) is 12.5 Å². The Kier molecular flexibility index (Phi) is 3.92. The molecule has 3 N–H and O–H groups in total. The number of carboxylic acid groups (broad SMARTS) is 1. The topological polar surface area (TPSA) is 85.0 Å². The average molecular weight is 266 g/mol. The van der Waals surface area contributed by atoms with Crippen LogP contribution in [0.15, 0.2) is 12.1 Å². The Bertz CT molecular complexity index is 490. The fourth-order valence-electron chi connectivity index (χ4n) is 2.44. The normalized spacial score (nSPS) is 18.8. The van der Waals surface area contributed by atoms with E-state index in [9.17, 15) is 4.79 Å². The average Bonchev–Trinajstić information content (AvgIpc) is 2.40. The highest BCUT2D eigenvalue weighted by Crippen LogP contribution is 2.38. The number of hydrogen-bond acceptors (Lipinski definition) is 5. The van der Waals surface area contributed by atoms with Crippen LogP contribution in [0.25, 0.3) is 0 Å². The zero-order chi connectivity index (χ0) is 14.0. The minimum absolute atomic E-state index is 0.0288. The molecule has 0 fully saturated rings. The first-order valence-electron chi connectivity index (χ1n) is 6.04. The standard InChI is InChI=1S/C13H18N2O4/c1-18-11-5-8-3-4-15(14)10(7-13(16)17)9(8)6-12(11)19-2/h5-6,10H,3-4,7,14H2,1-2H3,(H,16,17). The highest BCUT2D eigenvalue weighted by Gasteiger charge is 2.29. The van der Waals surface area contributed by atoms with Gasteiger partial charge >= 0.3 is 5.97 Å². The molecule has 0 saturated heterocycles. The number of hydrogen-bond donors (Lipinski definition) is 2. The number of carboxylic acids is 1. The van der Waals surface area contributed by atoms with E-state index in [0.29, 0.717) is 18.0 Å². The molecule has 1 atom stereocenters. The van der Waals surface area contributed by atoms with Crippen molar-refractivity contribution in [2.75, 3.05) is 20.8 Å². The molecule has 0 radical (unpaired) electrons. The van der Waals surface area contributed by atoms with Gasteiger partial charge in [-0.15, -0.1) is 0 Å². The summed E-state index contributed by atoms with van der Waals surface area (Å²) in [4.78, 5) is 11.0. The molecule has 1 aliphatic rings. The van der Waals surface area contributed by atoms with Gasteiger partial charge in [0.2, 0.25) is 0 Å². The molecule has 2 rings (SSSR count). The summed E-state index contributed by atoms with van der Waals surface area (Å²) in [5, 5.41) is 10.6. The highest BCUT2D eigenvalue weighted by atomic mass is 16.5. The van der Waals surface area contributed by atoms with E-state index < -0.39 is 5.97 Å². The Morgan fingerprint density at radius 2 is 2.05 bits per heavy atom. The van der Waals surface area contributed by atoms with Gasteiger partial charge in [0.25, 0.3) is 0 Å². The van der Waals surface area contributed by atoms with E-state index in [1.807, 2.05) is 12.1 Å². The van der Waals surface area contributed by atoms with Crippen molar-refractivity contribution in [2.24, 2.45) is 5.84 Å². The van der Waals surface area contributed by atoms with Crippen molar-refractivity contribution in [3.05, 3.63) is 23.3 Å². The fourth-order valence-corrected chi connectivity index (χ4v) is 2.44. The maximum absolute atomic E-state index is 11.0. The van der Waals surface area contributed by atoms with Gasteiger partial charge in [-0.2, -0.15) is 0 Å². The molecule has 0 bridgehead atoms. The Hall–Kier alpha value is -1.79. The molecular formula is C13H18N2O4. The van der Waals surface area contributed by atoms with Crippen molar-refractivity contribution in [3.63, 3.8) is 0 Å². The summed E-state index contributed by atoms with van der Waals surface area (Å²) in [5.41, 5.74) is 1.96. The van der Waals surface area contributed by atoms with Crippen LogP contribution in [-0.4, -0.2) is 36.8 Å². The van der Waals surface area contributed by atoms with Crippen molar-refractivity contribution in [3.8, 4) is 11.5 Å². The summed E-state index contributed by atoms with van der Waals surface area (Å²) in [6.07, 6.45) is 0.737. The van der Waals surface area contributed by atoms with Crippen molar-refractivity contribution >= 4 is 5.97 Å². The predicted molar refractivity (Wildman–Crippen MR) is 69.1 cm³/mol. The first kappa shape index (κ1) is 13.6. The van der Waals surface area contributed by atoms with Gasteiger partial charge in [0.1, 0.15) is 0 Å². The molecule has 0 aliphatic carbocycles. The summed E-state index contributed by atoms with van der Waals surface area (Å²) in [6.45, 7) is 0.625. The largest absolute Gasteiger partial charge is 0.493 e. The second-order valence-corrected chi connectivity index (χ2v) is 4.51. The van der Waals surface area contributed by atoms with E-state index >= 15 is 0 Å². The van der Waals surface area contributed by atoms with Crippen LogP contribution in [0.1, 0.15) is 23.6 Å². The lowest BCUT2D eigenvalue weighted by Gasteiger charge is -2.33. The van der Waals surface area contributed by atoms with Crippen molar-refractivity contribution in [1.82, 2.24) is 5.01 Å². The number of nitrogens with zero attached hydrogens (tertiary/aromatic N) is 1. The van der Waals surface area contributed by atoms with Crippen molar-refractivity contribution in [2.45, 2.75) is 18.9 Å². The number of fused-ring (bicyclic) bond motifs is 1. The lowest BCUT2D eigenvalue weighted by atomic mass is 9.91. The zero-order valence-corrected chi connectivity index (χ0v) is 11.0. The molecule has 0 spiro atoms. The maximum Gasteiger partial charge on any atom is 0.305 e. The van der Waals surface area contributed by atoms with Gasteiger partial charge < -0.3 is 14.6 Å². The summed E-state index contributed by atoms with van der Waals surface area (Å²) in [7, 11) is 3.14. The van der Waals surface area contributed by atoms with Gasteiger partial charge in [0, 0.05) is 6.54 Å². The highest BCUT2D eigenvalue weighted by molar-refractivity contribution is 5.68. The van der Waals surface area contributed by atoms with Gasteiger partial charge in [-0.1, -0.05) is 0 Å². The molecule has 0 amide bonds. The first-order chi connectivity index (χ1) is 9.06.